The van der Waals surface area contributed by atoms with E-state index in [1.165, 1.54) is 15.9 Å². The molecule has 11 heteroatoms. The maximum absolute atomic E-state index is 13.7. The highest BCUT2D eigenvalue weighted by Gasteiger charge is 2.20. The van der Waals surface area contributed by atoms with Crippen LogP contribution in [0.15, 0.2) is 69.1 Å². The fraction of sp³-hybridized carbons (Fsp3) is 0.160. The van der Waals surface area contributed by atoms with Crippen LogP contribution in [0.3, 0.4) is 0 Å². The molecule has 0 fully saturated rings. The van der Waals surface area contributed by atoms with E-state index in [0.717, 1.165) is 28.6 Å². The number of benzene rings is 2. The average Bonchev–Trinajstić information content (AvgIpc) is 3.42. The Balaban J connectivity index is 1.61. The van der Waals surface area contributed by atoms with Crippen LogP contribution in [0.25, 0.3) is 21.7 Å². The largest absolute Gasteiger partial charge is 0.360 e. The number of fused-ring (bicyclic) bond motifs is 1. The molecule has 0 atom stereocenters. The number of thioether (sulfide) groups is 1. The summed E-state index contributed by atoms with van der Waals surface area (Å²) in [4.78, 5) is 31.2. The number of hydrogen-bond donors (Lipinski definition) is 1. The van der Waals surface area contributed by atoms with Crippen molar-refractivity contribution < 1.29 is 9.32 Å². The number of carbonyl (C=O) groups excluding carboxylic acids is 1. The molecule has 1 N–H and O–H groups in total. The molecule has 8 nitrogen and oxygen atoms in total. The quantitative estimate of drug-likeness (QED) is 0.171. The zero-order valence-corrected chi connectivity index (χ0v) is 22.1. The van der Waals surface area contributed by atoms with E-state index in [0.29, 0.717) is 36.7 Å². The molecule has 0 spiro atoms. The molecule has 0 aliphatic carbocycles. The summed E-state index contributed by atoms with van der Waals surface area (Å²) in [5.74, 6) is 0.656. The van der Waals surface area contributed by atoms with Gasteiger partial charge in [-0.25, -0.2) is 4.98 Å². The second-order valence-corrected chi connectivity index (χ2v) is 10.7. The summed E-state index contributed by atoms with van der Waals surface area (Å²) >= 11 is 8.06. The summed E-state index contributed by atoms with van der Waals surface area (Å²) in [6, 6.07) is 16.9. The lowest BCUT2D eigenvalue weighted by Gasteiger charge is -2.13. The summed E-state index contributed by atoms with van der Waals surface area (Å²) < 4.78 is 9.33. The van der Waals surface area contributed by atoms with Crippen LogP contribution in [0, 0.1) is 24.7 Å². The number of para-hydroxylation sites is 1. The van der Waals surface area contributed by atoms with Gasteiger partial charge in [0.15, 0.2) is 20.6 Å². The highest BCUT2D eigenvalue weighted by molar-refractivity contribution is 7.99. The number of hydrogen-bond acceptors (Lipinski definition) is 8. The van der Waals surface area contributed by atoms with Gasteiger partial charge in [0, 0.05) is 11.8 Å². The Kier molecular flexibility index (Phi) is 6.61. The van der Waals surface area contributed by atoms with Crippen LogP contribution in [-0.2, 0) is 4.79 Å². The molecule has 3 heterocycles. The molecular formula is C25H21N5O3S3. The molecule has 0 saturated carbocycles. The molecule has 5 rings (SSSR count). The SMILES string of the molecule is Cc1cc(NC(=O)CSc2nc3c(sc(=S)n3-c3ccc(C)c(C)c3)c(=O)n2-c2ccccc2)no1. The second kappa shape index (κ2) is 9.84. The molecule has 2 aromatic carbocycles. The maximum atomic E-state index is 13.7. The van der Waals surface area contributed by atoms with Gasteiger partial charge < -0.3 is 9.84 Å². The number of nitrogens with one attached hydrogen (secondary N) is 1. The molecule has 1 amide bonds. The standard InChI is InChI=1S/C25H21N5O3S3/c1-14-9-10-18(11-15(14)2)29-22-21(36-25(29)34)23(32)30(17-7-5-4-6-8-17)24(27-22)35-13-20(31)26-19-12-16(3)33-28-19/h4-12H,13H2,1-3H3,(H,26,28,31). The minimum atomic E-state index is -0.293. The van der Waals surface area contributed by atoms with Crippen molar-refractivity contribution in [3.63, 3.8) is 0 Å². The van der Waals surface area contributed by atoms with E-state index in [1.807, 2.05) is 66.9 Å². The van der Waals surface area contributed by atoms with Crippen molar-refractivity contribution in [3.8, 4) is 11.4 Å². The number of anilines is 1. The van der Waals surface area contributed by atoms with Crippen LogP contribution >= 0.6 is 35.3 Å². The van der Waals surface area contributed by atoms with Crippen LogP contribution < -0.4 is 10.9 Å². The second-order valence-electron chi connectivity index (χ2n) is 8.15. The molecule has 5 aromatic rings. The first-order valence-corrected chi connectivity index (χ1v) is 13.2. The van der Waals surface area contributed by atoms with Gasteiger partial charge in [-0.3, -0.25) is 18.7 Å². The summed E-state index contributed by atoms with van der Waals surface area (Å²) in [7, 11) is 0. The van der Waals surface area contributed by atoms with E-state index in [2.05, 4.69) is 10.5 Å². The third-order valence-corrected chi connectivity index (χ3v) is 7.86. The molecule has 3 aromatic heterocycles. The normalized spacial score (nSPS) is 11.2. The van der Waals surface area contributed by atoms with Crippen LogP contribution in [0.2, 0.25) is 0 Å². The van der Waals surface area contributed by atoms with Gasteiger partial charge in [0.25, 0.3) is 5.56 Å². The molecule has 182 valence electrons. The van der Waals surface area contributed by atoms with Crippen molar-refractivity contribution in [1.82, 2.24) is 19.3 Å². The van der Waals surface area contributed by atoms with Gasteiger partial charge in [0.05, 0.1) is 11.4 Å². The van der Waals surface area contributed by atoms with Crippen molar-refractivity contribution in [1.29, 1.82) is 0 Å². The van der Waals surface area contributed by atoms with Gasteiger partial charge >= 0.3 is 0 Å². The molecule has 36 heavy (non-hydrogen) atoms. The highest BCUT2D eigenvalue weighted by Crippen LogP contribution is 2.28. The van der Waals surface area contributed by atoms with Crippen LogP contribution in [0.4, 0.5) is 5.82 Å². The van der Waals surface area contributed by atoms with Crippen molar-refractivity contribution >= 4 is 57.4 Å². The van der Waals surface area contributed by atoms with Gasteiger partial charge in [0.1, 0.15) is 10.5 Å². The van der Waals surface area contributed by atoms with Gasteiger partial charge in [-0.05, 0) is 68.4 Å². The molecule has 0 unspecified atom stereocenters. The van der Waals surface area contributed by atoms with Gasteiger partial charge in [-0.1, -0.05) is 52.5 Å². The first kappa shape index (κ1) is 24.2. The van der Waals surface area contributed by atoms with Crippen LogP contribution in [0.5, 0.6) is 0 Å². The van der Waals surface area contributed by atoms with Crippen molar-refractivity contribution in [2.45, 2.75) is 25.9 Å². The Hall–Kier alpha value is -3.54. The van der Waals surface area contributed by atoms with E-state index in [1.54, 1.807) is 13.0 Å². The predicted octanol–water partition coefficient (Wildman–Crippen LogP) is 5.61. The summed E-state index contributed by atoms with van der Waals surface area (Å²) in [5, 5.41) is 6.87. The Morgan fingerprint density at radius 1 is 1.06 bits per heavy atom. The van der Waals surface area contributed by atoms with Crippen LogP contribution in [0.1, 0.15) is 16.9 Å². The smallest absolute Gasteiger partial charge is 0.278 e. The van der Waals surface area contributed by atoms with Crippen molar-refractivity contribution in [3.05, 3.63) is 85.8 Å². The number of amides is 1. The first-order valence-electron chi connectivity index (χ1n) is 11.0. The van der Waals surface area contributed by atoms with Gasteiger partial charge in [-0.15, -0.1) is 0 Å². The number of aryl methyl sites for hydroxylation is 3. The summed E-state index contributed by atoms with van der Waals surface area (Å²) in [6.45, 7) is 5.82. The Morgan fingerprint density at radius 2 is 1.83 bits per heavy atom. The number of nitrogens with zero attached hydrogens (tertiary/aromatic N) is 4. The minimum absolute atomic E-state index is 0.0190. The van der Waals surface area contributed by atoms with Crippen LogP contribution in [-0.4, -0.2) is 30.9 Å². The Bertz CT molecular complexity index is 1720. The lowest BCUT2D eigenvalue weighted by Crippen LogP contribution is -2.22. The summed E-state index contributed by atoms with van der Waals surface area (Å²) in [6.07, 6.45) is 0. The zero-order valence-electron chi connectivity index (χ0n) is 19.6. The number of aromatic nitrogens is 4. The maximum Gasteiger partial charge on any atom is 0.278 e. The van der Waals surface area contributed by atoms with Crippen molar-refractivity contribution in [2.75, 3.05) is 11.1 Å². The third kappa shape index (κ3) is 4.64. The van der Waals surface area contributed by atoms with E-state index in [9.17, 15) is 9.59 Å². The number of thiazole rings is 1. The number of carbonyl (C=O) groups is 1. The average molecular weight is 536 g/mol. The first-order chi connectivity index (χ1) is 17.3. The lowest BCUT2D eigenvalue weighted by molar-refractivity contribution is -0.113. The fourth-order valence-electron chi connectivity index (χ4n) is 3.66. The van der Waals surface area contributed by atoms with E-state index >= 15 is 0 Å². The minimum Gasteiger partial charge on any atom is -0.360 e. The lowest BCUT2D eigenvalue weighted by atomic mass is 10.1. The Labute approximate surface area is 219 Å². The summed E-state index contributed by atoms with van der Waals surface area (Å²) in [5.41, 5.74) is 4.01. The third-order valence-electron chi connectivity index (χ3n) is 5.57. The van der Waals surface area contributed by atoms with Gasteiger partial charge in [-0.2, -0.15) is 0 Å². The number of rotatable bonds is 6. The molecule has 0 aliphatic heterocycles. The van der Waals surface area contributed by atoms with E-state index in [4.69, 9.17) is 21.7 Å². The molecular weight excluding hydrogens is 515 g/mol. The van der Waals surface area contributed by atoms with Gasteiger partial charge in [0.2, 0.25) is 5.91 Å². The van der Waals surface area contributed by atoms with Crippen molar-refractivity contribution in [2.24, 2.45) is 0 Å². The fourth-order valence-corrected chi connectivity index (χ4v) is 5.77. The topological polar surface area (TPSA) is 95.0 Å². The predicted molar refractivity (Wildman–Crippen MR) is 145 cm³/mol. The van der Waals surface area contributed by atoms with E-state index < -0.39 is 0 Å². The molecule has 0 radical (unpaired) electrons. The highest BCUT2D eigenvalue weighted by atomic mass is 32.2. The molecule has 0 bridgehead atoms. The monoisotopic (exact) mass is 535 g/mol. The zero-order chi connectivity index (χ0) is 25.4. The van der Waals surface area contributed by atoms with E-state index in [-0.39, 0.29) is 17.2 Å². The molecule has 0 saturated heterocycles. The molecule has 0 aliphatic rings. The Morgan fingerprint density at radius 3 is 2.53 bits per heavy atom.